The van der Waals surface area contributed by atoms with Gasteiger partial charge in [-0.2, -0.15) is 0 Å². The van der Waals surface area contributed by atoms with Gasteiger partial charge in [0.2, 0.25) is 5.88 Å². The molecule has 5 rings (SSSR count). The van der Waals surface area contributed by atoms with Gasteiger partial charge in [-0.1, -0.05) is 11.6 Å². The molecule has 0 unspecified atom stereocenters. The second-order valence-electron chi connectivity index (χ2n) is 7.15. The number of rotatable bonds is 6. The number of halogens is 2. The van der Waals surface area contributed by atoms with Crippen molar-refractivity contribution in [3.05, 3.63) is 41.4 Å². The molecule has 7 nitrogen and oxygen atoms in total. The molecular formula is C20H19ClFN5O2. The lowest BCUT2D eigenvalue weighted by Gasteiger charge is -2.16. The van der Waals surface area contributed by atoms with Crippen LogP contribution >= 0.6 is 11.6 Å². The van der Waals surface area contributed by atoms with Crippen LogP contribution in [0.2, 0.25) is 5.02 Å². The van der Waals surface area contributed by atoms with Crippen molar-refractivity contribution < 1.29 is 13.9 Å². The maximum Gasteiger partial charge on any atom is 0.214 e. The predicted octanol–water partition coefficient (Wildman–Crippen LogP) is 3.84. The maximum absolute atomic E-state index is 14.0. The van der Waals surface area contributed by atoms with Crippen LogP contribution < -0.4 is 20.1 Å². The van der Waals surface area contributed by atoms with Gasteiger partial charge >= 0.3 is 0 Å². The quantitative estimate of drug-likeness (QED) is 0.633. The van der Waals surface area contributed by atoms with Gasteiger partial charge in [-0.25, -0.2) is 19.3 Å². The van der Waals surface area contributed by atoms with Crippen LogP contribution in [0.15, 0.2) is 30.6 Å². The van der Waals surface area contributed by atoms with Crippen LogP contribution in [-0.2, 0) is 0 Å². The monoisotopic (exact) mass is 415 g/mol. The number of nitrogens with zero attached hydrogens (tertiary/aromatic N) is 3. The maximum atomic E-state index is 14.0. The van der Waals surface area contributed by atoms with E-state index >= 15 is 0 Å². The van der Waals surface area contributed by atoms with Crippen LogP contribution in [0.25, 0.3) is 11.0 Å². The van der Waals surface area contributed by atoms with Crippen molar-refractivity contribution in [2.24, 2.45) is 0 Å². The Hall–Kier alpha value is -2.71. The molecule has 2 aromatic heterocycles. The van der Waals surface area contributed by atoms with E-state index in [-0.39, 0.29) is 23.0 Å². The molecule has 0 bridgehead atoms. The Kier molecular flexibility index (Phi) is 4.81. The van der Waals surface area contributed by atoms with Gasteiger partial charge < -0.3 is 20.1 Å². The number of ether oxygens (including phenoxy) is 2. The molecule has 1 saturated carbocycles. The molecule has 9 heteroatoms. The SMILES string of the molecule is Fc1ccc(Nc2ncnc3ccc(O[C@H]4CCNC4)nc23)c(OC2CC2)c1Cl. The molecule has 0 amide bonds. The van der Waals surface area contributed by atoms with E-state index in [9.17, 15) is 4.39 Å². The van der Waals surface area contributed by atoms with Gasteiger partial charge in [-0.15, -0.1) is 0 Å². The smallest absolute Gasteiger partial charge is 0.214 e. The minimum absolute atomic E-state index is 0.0500. The molecule has 1 aromatic carbocycles. The number of hydrogen-bond donors (Lipinski definition) is 2. The van der Waals surface area contributed by atoms with Crippen molar-refractivity contribution in [1.82, 2.24) is 20.3 Å². The molecule has 2 fully saturated rings. The average Bonchev–Trinajstić information content (AvgIpc) is 3.41. The summed E-state index contributed by atoms with van der Waals surface area (Å²) in [4.78, 5) is 13.2. The first-order valence-electron chi connectivity index (χ1n) is 9.58. The Morgan fingerprint density at radius 1 is 1.07 bits per heavy atom. The molecule has 3 aromatic rings. The molecule has 29 heavy (non-hydrogen) atoms. The number of hydrogen-bond acceptors (Lipinski definition) is 7. The van der Waals surface area contributed by atoms with Crippen LogP contribution in [0, 0.1) is 5.82 Å². The summed E-state index contributed by atoms with van der Waals surface area (Å²) in [6, 6.07) is 6.51. The number of fused-ring (bicyclic) bond motifs is 1. The van der Waals surface area contributed by atoms with Gasteiger partial charge in [0.25, 0.3) is 0 Å². The Morgan fingerprint density at radius 3 is 2.76 bits per heavy atom. The zero-order valence-corrected chi connectivity index (χ0v) is 16.2. The molecule has 1 atom stereocenters. The van der Waals surface area contributed by atoms with E-state index in [2.05, 4.69) is 25.6 Å². The first kappa shape index (κ1) is 18.3. The van der Waals surface area contributed by atoms with Gasteiger partial charge in [-0.05, 0) is 44.0 Å². The lowest BCUT2D eigenvalue weighted by molar-refractivity contribution is 0.215. The highest BCUT2D eigenvalue weighted by Crippen LogP contribution is 2.40. The number of pyridine rings is 1. The predicted molar refractivity (Wildman–Crippen MR) is 108 cm³/mol. The third-order valence-corrected chi connectivity index (χ3v) is 5.22. The first-order valence-corrected chi connectivity index (χ1v) is 9.96. The van der Waals surface area contributed by atoms with Gasteiger partial charge in [0.15, 0.2) is 11.6 Å². The van der Waals surface area contributed by atoms with Crippen LogP contribution in [-0.4, -0.2) is 40.2 Å². The molecule has 1 aliphatic heterocycles. The summed E-state index contributed by atoms with van der Waals surface area (Å²) in [7, 11) is 0. The van der Waals surface area contributed by atoms with E-state index in [1.807, 2.05) is 6.07 Å². The summed E-state index contributed by atoms with van der Waals surface area (Å²) in [6.07, 6.45) is 4.40. The summed E-state index contributed by atoms with van der Waals surface area (Å²) >= 11 is 6.16. The molecular weight excluding hydrogens is 397 g/mol. The Balaban J connectivity index is 1.49. The minimum Gasteiger partial charge on any atom is -0.487 e. The molecule has 1 aliphatic carbocycles. The zero-order chi connectivity index (χ0) is 19.8. The Labute approximate surface area is 171 Å². The molecule has 2 N–H and O–H groups in total. The summed E-state index contributed by atoms with van der Waals surface area (Å²) in [6.45, 7) is 1.73. The van der Waals surface area contributed by atoms with Crippen LogP contribution in [0.1, 0.15) is 19.3 Å². The van der Waals surface area contributed by atoms with Crippen LogP contribution in [0.4, 0.5) is 15.9 Å². The van der Waals surface area contributed by atoms with Crippen LogP contribution in [0.5, 0.6) is 11.6 Å². The van der Waals surface area contributed by atoms with E-state index < -0.39 is 5.82 Å². The van der Waals surface area contributed by atoms with E-state index in [1.54, 1.807) is 12.1 Å². The van der Waals surface area contributed by atoms with Crippen molar-refractivity contribution >= 4 is 34.1 Å². The van der Waals surface area contributed by atoms with Crippen molar-refractivity contribution in [1.29, 1.82) is 0 Å². The van der Waals surface area contributed by atoms with Crippen molar-refractivity contribution in [2.45, 2.75) is 31.5 Å². The fourth-order valence-corrected chi connectivity index (χ4v) is 3.41. The number of aromatic nitrogens is 3. The number of anilines is 2. The summed E-state index contributed by atoms with van der Waals surface area (Å²) in [5.41, 5.74) is 1.74. The fourth-order valence-electron chi connectivity index (χ4n) is 3.20. The normalized spacial score (nSPS) is 18.8. The van der Waals surface area contributed by atoms with E-state index in [1.165, 1.54) is 12.4 Å². The highest BCUT2D eigenvalue weighted by Gasteiger charge is 2.27. The summed E-state index contributed by atoms with van der Waals surface area (Å²) in [5.74, 6) is 0.730. The lowest BCUT2D eigenvalue weighted by Crippen LogP contribution is -2.20. The Morgan fingerprint density at radius 2 is 1.97 bits per heavy atom. The molecule has 0 radical (unpaired) electrons. The highest BCUT2D eigenvalue weighted by molar-refractivity contribution is 6.32. The van der Waals surface area contributed by atoms with Gasteiger partial charge in [0.1, 0.15) is 28.8 Å². The molecule has 0 spiro atoms. The first-order chi connectivity index (χ1) is 14.2. The van der Waals surface area contributed by atoms with E-state index in [0.717, 1.165) is 32.4 Å². The third-order valence-electron chi connectivity index (χ3n) is 4.87. The topological polar surface area (TPSA) is 81.2 Å². The van der Waals surface area contributed by atoms with E-state index in [4.69, 9.17) is 21.1 Å². The minimum atomic E-state index is -0.528. The Bertz CT molecular complexity index is 1060. The van der Waals surface area contributed by atoms with Crippen molar-refractivity contribution in [3.63, 3.8) is 0 Å². The largest absolute Gasteiger partial charge is 0.487 e. The molecule has 2 aliphatic rings. The van der Waals surface area contributed by atoms with Crippen molar-refractivity contribution in [2.75, 3.05) is 18.4 Å². The fraction of sp³-hybridized carbons (Fsp3) is 0.350. The lowest BCUT2D eigenvalue weighted by atomic mass is 10.2. The van der Waals surface area contributed by atoms with Gasteiger partial charge in [-0.3, -0.25) is 0 Å². The van der Waals surface area contributed by atoms with E-state index in [0.29, 0.717) is 28.4 Å². The molecule has 1 saturated heterocycles. The molecule has 150 valence electrons. The van der Waals surface area contributed by atoms with Crippen LogP contribution in [0.3, 0.4) is 0 Å². The second-order valence-corrected chi connectivity index (χ2v) is 7.53. The number of nitrogens with one attached hydrogen (secondary N) is 2. The average molecular weight is 416 g/mol. The van der Waals surface area contributed by atoms with Crippen molar-refractivity contribution in [3.8, 4) is 11.6 Å². The standard InChI is InChI=1S/C20H19ClFN5O2/c21-17-13(22)3-4-15(19(17)29-11-1-2-11)26-20-18-14(24-10-25-20)5-6-16(27-18)28-12-7-8-23-9-12/h3-6,10-12,23H,1-2,7-9H2,(H,24,25,26)/t12-/m0/s1. The second kappa shape index (κ2) is 7.61. The number of benzene rings is 1. The third kappa shape index (κ3) is 3.90. The summed E-state index contributed by atoms with van der Waals surface area (Å²) < 4.78 is 25.8. The highest BCUT2D eigenvalue weighted by atomic mass is 35.5. The summed E-state index contributed by atoms with van der Waals surface area (Å²) in [5, 5.41) is 6.39. The zero-order valence-electron chi connectivity index (χ0n) is 15.5. The molecule has 3 heterocycles. The van der Waals surface area contributed by atoms with Gasteiger partial charge in [0, 0.05) is 12.6 Å². The van der Waals surface area contributed by atoms with Gasteiger partial charge in [0.05, 0.1) is 17.3 Å².